The largest absolute Gasteiger partial charge is 0.493 e. The van der Waals surface area contributed by atoms with E-state index in [2.05, 4.69) is 21.2 Å². The van der Waals surface area contributed by atoms with Crippen molar-refractivity contribution in [2.75, 3.05) is 46.9 Å². The van der Waals surface area contributed by atoms with Crippen molar-refractivity contribution in [1.29, 1.82) is 0 Å². The van der Waals surface area contributed by atoms with Crippen molar-refractivity contribution < 1.29 is 9.47 Å². The van der Waals surface area contributed by atoms with E-state index >= 15 is 0 Å². The van der Waals surface area contributed by atoms with Gasteiger partial charge in [0, 0.05) is 38.8 Å². The number of rotatable bonds is 6. The molecular formula is C25H37N3O2S. The van der Waals surface area contributed by atoms with Crippen LogP contribution >= 0.6 is 12.2 Å². The van der Waals surface area contributed by atoms with Gasteiger partial charge >= 0.3 is 0 Å². The molecule has 170 valence electrons. The molecular weight excluding hydrogens is 406 g/mol. The zero-order valence-electron chi connectivity index (χ0n) is 19.0. The molecule has 5 fully saturated rings. The first-order chi connectivity index (χ1) is 15.1. The number of thiocarbonyl (C=S) groups is 1. The van der Waals surface area contributed by atoms with E-state index in [1.54, 1.807) is 14.2 Å². The third kappa shape index (κ3) is 4.38. The molecule has 31 heavy (non-hydrogen) atoms. The molecule has 1 N–H and O–H groups in total. The third-order valence-electron chi connectivity index (χ3n) is 8.34. The number of methoxy groups -OCH3 is 2. The Labute approximate surface area is 192 Å². The second-order valence-corrected chi connectivity index (χ2v) is 10.5. The van der Waals surface area contributed by atoms with Crippen LogP contribution in [0.25, 0.3) is 0 Å². The Kier molecular flexibility index (Phi) is 6.29. The molecule has 0 unspecified atom stereocenters. The van der Waals surface area contributed by atoms with Gasteiger partial charge in [0.2, 0.25) is 0 Å². The SMILES string of the molecule is COc1ccc(CCNC(=S)N2CCN(C3C4CC5CC(C4)CC3C5)CC2)cc1OC. The van der Waals surface area contributed by atoms with Crippen molar-refractivity contribution in [3.8, 4) is 11.5 Å². The van der Waals surface area contributed by atoms with Gasteiger partial charge in [0.05, 0.1) is 14.2 Å². The summed E-state index contributed by atoms with van der Waals surface area (Å²) in [5.74, 6) is 5.63. The van der Waals surface area contributed by atoms with Gasteiger partial charge in [-0.2, -0.15) is 0 Å². The molecule has 1 aromatic carbocycles. The number of hydrogen-bond donors (Lipinski definition) is 1. The van der Waals surface area contributed by atoms with Crippen LogP contribution in [-0.4, -0.2) is 67.9 Å². The molecule has 6 heteroatoms. The van der Waals surface area contributed by atoms with Crippen LogP contribution in [-0.2, 0) is 6.42 Å². The van der Waals surface area contributed by atoms with Crippen LogP contribution < -0.4 is 14.8 Å². The molecule has 5 aliphatic rings. The van der Waals surface area contributed by atoms with Crippen LogP contribution in [0.15, 0.2) is 18.2 Å². The molecule has 5 nitrogen and oxygen atoms in total. The van der Waals surface area contributed by atoms with E-state index in [9.17, 15) is 0 Å². The lowest BCUT2D eigenvalue weighted by Gasteiger charge is -2.58. The van der Waals surface area contributed by atoms with Gasteiger partial charge in [-0.25, -0.2) is 0 Å². The highest BCUT2D eigenvalue weighted by molar-refractivity contribution is 7.80. The lowest BCUT2D eigenvalue weighted by Crippen LogP contribution is -2.61. The molecule has 0 amide bonds. The summed E-state index contributed by atoms with van der Waals surface area (Å²) in [6, 6.07) is 6.97. The van der Waals surface area contributed by atoms with Crippen LogP contribution in [0.3, 0.4) is 0 Å². The molecule has 1 saturated heterocycles. The van der Waals surface area contributed by atoms with Crippen molar-refractivity contribution in [3.05, 3.63) is 23.8 Å². The average Bonchev–Trinajstić information content (AvgIpc) is 2.78. The van der Waals surface area contributed by atoms with Gasteiger partial charge in [-0.05, 0) is 92.1 Å². The number of piperazine rings is 1. The fraction of sp³-hybridized carbons (Fsp3) is 0.720. The lowest BCUT2D eigenvalue weighted by molar-refractivity contribution is -0.0727. The summed E-state index contributed by atoms with van der Waals surface area (Å²) in [7, 11) is 3.35. The number of benzene rings is 1. The summed E-state index contributed by atoms with van der Waals surface area (Å²) in [4.78, 5) is 5.20. The maximum absolute atomic E-state index is 5.73. The van der Waals surface area contributed by atoms with E-state index in [1.807, 2.05) is 12.1 Å². The summed E-state index contributed by atoms with van der Waals surface area (Å²) in [6.45, 7) is 5.30. The number of nitrogens with zero attached hydrogens (tertiary/aromatic N) is 2. The molecule has 0 spiro atoms. The van der Waals surface area contributed by atoms with Gasteiger partial charge in [0.25, 0.3) is 0 Å². The Morgan fingerprint density at radius 3 is 2.19 bits per heavy atom. The van der Waals surface area contributed by atoms with Crippen molar-refractivity contribution in [2.24, 2.45) is 23.7 Å². The van der Waals surface area contributed by atoms with Crippen LogP contribution in [0, 0.1) is 23.7 Å². The maximum Gasteiger partial charge on any atom is 0.169 e. The van der Waals surface area contributed by atoms with Crippen molar-refractivity contribution in [3.63, 3.8) is 0 Å². The van der Waals surface area contributed by atoms with Gasteiger partial charge in [-0.15, -0.1) is 0 Å². The molecule has 1 aliphatic heterocycles. The monoisotopic (exact) mass is 443 g/mol. The fourth-order valence-electron chi connectivity index (χ4n) is 7.18. The summed E-state index contributed by atoms with van der Waals surface area (Å²) in [5, 5.41) is 4.39. The highest BCUT2D eigenvalue weighted by Crippen LogP contribution is 2.55. The van der Waals surface area contributed by atoms with Crippen molar-refractivity contribution in [2.45, 2.75) is 44.6 Å². The van der Waals surface area contributed by atoms with Crippen LogP contribution in [0.1, 0.15) is 37.7 Å². The summed E-state index contributed by atoms with van der Waals surface area (Å²) in [5.41, 5.74) is 1.22. The third-order valence-corrected chi connectivity index (χ3v) is 8.74. The first-order valence-corrected chi connectivity index (χ1v) is 12.5. The molecule has 4 bridgehead atoms. The highest BCUT2D eigenvalue weighted by Gasteiger charge is 2.50. The van der Waals surface area contributed by atoms with Crippen molar-refractivity contribution >= 4 is 17.3 Å². The van der Waals surface area contributed by atoms with Gasteiger partial charge < -0.3 is 19.7 Å². The minimum atomic E-state index is 0.770. The van der Waals surface area contributed by atoms with Gasteiger partial charge in [0.15, 0.2) is 16.6 Å². The van der Waals surface area contributed by atoms with E-state index in [0.29, 0.717) is 0 Å². The Morgan fingerprint density at radius 2 is 1.58 bits per heavy atom. The average molecular weight is 444 g/mol. The smallest absolute Gasteiger partial charge is 0.169 e. The lowest BCUT2D eigenvalue weighted by atomic mass is 9.54. The summed E-state index contributed by atoms with van der Waals surface area (Å²) >= 11 is 5.73. The van der Waals surface area contributed by atoms with Crippen LogP contribution in [0.5, 0.6) is 11.5 Å². The van der Waals surface area contributed by atoms with E-state index in [0.717, 1.165) is 72.4 Å². The van der Waals surface area contributed by atoms with E-state index in [1.165, 1.54) is 50.8 Å². The van der Waals surface area contributed by atoms with E-state index in [4.69, 9.17) is 21.7 Å². The number of ether oxygens (including phenoxy) is 2. The topological polar surface area (TPSA) is 37.0 Å². The quantitative estimate of drug-likeness (QED) is 0.678. The molecule has 4 saturated carbocycles. The van der Waals surface area contributed by atoms with Gasteiger partial charge in [-0.3, -0.25) is 4.90 Å². The van der Waals surface area contributed by atoms with E-state index < -0.39 is 0 Å². The highest BCUT2D eigenvalue weighted by atomic mass is 32.1. The first-order valence-electron chi connectivity index (χ1n) is 12.1. The molecule has 1 aromatic rings. The maximum atomic E-state index is 5.73. The molecule has 1 heterocycles. The van der Waals surface area contributed by atoms with E-state index in [-0.39, 0.29) is 0 Å². The first kappa shape index (κ1) is 21.3. The predicted octanol–water partition coefficient (Wildman–Crippen LogP) is 3.56. The van der Waals surface area contributed by atoms with Gasteiger partial charge in [-0.1, -0.05) is 6.07 Å². The number of hydrogen-bond acceptors (Lipinski definition) is 4. The number of nitrogens with one attached hydrogen (secondary N) is 1. The Hall–Kier alpha value is -1.53. The molecule has 0 aromatic heterocycles. The standard InChI is InChI=1S/C25H37N3O2S/c1-29-22-4-3-17(16-23(22)30-2)5-6-26-25(31)28-9-7-27(8-10-28)24-20-12-18-11-19(14-20)15-21(24)13-18/h3-4,16,18-21,24H,5-15H2,1-2H3,(H,26,31). The Bertz CT molecular complexity index is 765. The second kappa shape index (κ2) is 9.14. The second-order valence-electron chi connectivity index (χ2n) is 10.1. The minimum absolute atomic E-state index is 0.770. The minimum Gasteiger partial charge on any atom is -0.493 e. The molecule has 0 atom stereocenters. The predicted molar refractivity (Wildman–Crippen MR) is 128 cm³/mol. The Balaban J connectivity index is 1.08. The van der Waals surface area contributed by atoms with Gasteiger partial charge in [0.1, 0.15) is 0 Å². The van der Waals surface area contributed by atoms with Crippen LogP contribution in [0.2, 0.25) is 0 Å². The summed E-state index contributed by atoms with van der Waals surface area (Å²) < 4.78 is 10.7. The normalized spacial score (nSPS) is 32.2. The summed E-state index contributed by atoms with van der Waals surface area (Å²) in [6.07, 6.45) is 8.48. The molecule has 6 rings (SSSR count). The van der Waals surface area contributed by atoms with Crippen molar-refractivity contribution in [1.82, 2.24) is 15.1 Å². The zero-order chi connectivity index (χ0) is 21.4. The fourth-order valence-corrected chi connectivity index (χ4v) is 7.46. The zero-order valence-corrected chi connectivity index (χ0v) is 19.8. The molecule has 4 aliphatic carbocycles. The van der Waals surface area contributed by atoms with Crippen LogP contribution in [0.4, 0.5) is 0 Å². The molecule has 0 radical (unpaired) electrons. The Morgan fingerprint density at radius 1 is 0.935 bits per heavy atom.